The molecule has 2 amide bonds. The highest BCUT2D eigenvalue weighted by atomic mass is 127. The van der Waals surface area contributed by atoms with E-state index in [0.717, 1.165) is 35.3 Å². The molecular weight excluding hydrogens is 529 g/mol. The summed E-state index contributed by atoms with van der Waals surface area (Å²) in [5.74, 6) is 0.462. The Balaban J connectivity index is 1.47. The molecule has 2 aromatic heterocycles. The second-order valence-electron chi connectivity index (χ2n) is 8.35. The predicted octanol–water partition coefficient (Wildman–Crippen LogP) is 4.17. The number of nitrogens with one attached hydrogen (secondary N) is 1. The number of aryl methyl sites for hydroxylation is 1. The summed E-state index contributed by atoms with van der Waals surface area (Å²) in [6, 6.07) is 12.3. The lowest BCUT2D eigenvalue weighted by molar-refractivity contribution is -0.125. The number of likely N-dealkylation sites (N-methyl/N-ethyl adjacent to an activating group) is 1. The summed E-state index contributed by atoms with van der Waals surface area (Å²) in [5.41, 5.74) is 4.01. The number of anilines is 1. The minimum Gasteiger partial charge on any atom is -0.346 e. The fraction of sp³-hybridized carbons (Fsp3) is 0.320. The van der Waals surface area contributed by atoms with Crippen molar-refractivity contribution in [2.75, 3.05) is 18.9 Å². The average Bonchev–Trinajstić information content (AvgIpc) is 3.06. The molecule has 0 saturated heterocycles. The molecule has 0 aliphatic carbocycles. The van der Waals surface area contributed by atoms with Crippen molar-refractivity contribution in [3.63, 3.8) is 0 Å². The SMILES string of the molecule is CCCN1Cc2cc(/C=C/C(=O)N(C)Cc3cc4ccccc4n3C)cnc2NC(=O)[C@H]1I. The minimum absolute atomic E-state index is 0.0521. The van der Waals surface area contributed by atoms with Crippen LogP contribution in [0.25, 0.3) is 17.0 Å². The van der Waals surface area contributed by atoms with Crippen molar-refractivity contribution < 1.29 is 9.59 Å². The van der Waals surface area contributed by atoms with Gasteiger partial charge in [-0.1, -0.05) is 47.7 Å². The molecule has 0 spiro atoms. The zero-order valence-electron chi connectivity index (χ0n) is 19.1. The van der Waals surface area contributed by atoms with E-state index in [-0.39, 0.29) is 15.9 Å². The van der Waals surface area contributed by atoms with E-state index in [1.54, 1.807) is 30.3 Å². The normalized spacial score (nSPS) is 16.6. The molecule has 0 bridgehead atoms. The van der Waals surface area contributed by atoms with Crippen molar-refractivity contribution in [1.29, 1.82) is 0 Å². The largest absolute Gasteiger partial charge is 0.346 e. The topological polar surface area (TPSA) is 70.5 Å². The maximum absolute atomic E-state index is 12.8. The highest BCUT2D eigenvalue weighted by Crippen LogP contribution is 2.25. The van der Waals surface area contributed by atoms with E-state index in [9.17, 15) is 9.59 Å². The van der Waals surface area contributed by atoms with Crippen LogP contribution in [-0.4, -0.2) is 48.8 Å². The Morgan fingerprint density at radius 2 is 2.12 bits per heavy atom. The highest BCUT2D eigenvalue weighted by molar-refractivity contribution is 14.1. The van der Waals surface area contributed by atoms with E-state index in [0.29, 0.717) is 18.9 Å². The molecule has 1 N–H and O–H groups in total. The molecule has 0 unspecified atom stereocenters. The third kappa shape index (κ3) is 5.11. The van der Waals surface area contributed by atoms with E-state index >= 15 is 0 Å². The van der Waals surface area contributed by atoms with Gasteiger partial charge in [0, 0.05) is 49.7 Å². The number of amides is 2. The fourth-order valence-electron chi connectivity index (χ4n) is 4.09. The van der Waals surface area contributed by atoms with Gasteiger partial charge in [-0.3, -0.25) is 14.5 Å². The number of para-hydroxylation sites is 1. The molecule has 3 aromatic rings. The Hall–Kier alpha value is -2.72. The minimum atomic E-state index is -0.236. The maximum atomic E-state index is 12.8. The zero-order valence-corrected chi connectivity index (χ0v) is 21.2. The molecule has 172 valence electrons. The van der Waals surface area contributed by atoms with Crippen LogP contribution in [0.2, 0.25) is 0 Å². The van der Waals surface area contributed by atoms with E-state index in [1.165, 1.54) is 5.39 Å². The van der Waals surface area contributed by atoms with Gasteiger partial charge in [-0.15, -0.1) is 0 Å². The second kappa shape index (κ2) is 10.0. The molecule has 7 nitrogen and oxygen atoms in total. The number of carbonyl (C=O) groups excluding carboxylic acids is 2. The van der Waals surface area contributed by atoms with Crippen LogP contribution in [0.5, 0.6) is 0 Å². The van der Waals surface area contributed by atoms with Crippen molar-refractivity contribution in [2.24, 2.45) is 7.05 Å². The lowest BCUT2D eigenvalue weighted by atomic mass is 10.1. The molecule has 1 aliphatic heterocycles. The Bertz CT molecular complexity index is 1220. The molecule has 33 heavy (non-hydrogen) atoms. The Morgan fingerprint density at radius 3 is 2.88 bits per heavy atom. The van der Waals surface area contributed by atoms with Gasteiger partial charge in [-0.25, -0.2) is 4.98 Å². The van der Waals surface area contributed by atoms with Crippen molar-refractivity contribution in [3.8, 4) is 0 Å². The predicted molar refractivity (Wildman–Crippen MR) is 140 cm³/mol. The molecule has 0 saturated carbocycles. The van der Waals surface area contributed by atoms with Crippen LogP contribution in [-0.2, 0) is 29.7 Å². The van der Waals surface area contributed by atoms with Gasteiger partial charge >= 0.3 is 0 Å². The van der Waals surface area contributed by atoms with Crippen molar-refractivity contribution in [3.05, 3.63) is 65.5 Å². The van der Waals surface area contributed by atoms with Crippen LogP contribution in [0.3, 0.4) is 0 Å². The number of carbonyl (C=O) groups is 2. The Morgan fingerprint density at radius 1 is 1.33 bits per heavy atom. The van der Waals surface area contributed by atoms with Crippen LogP contribution in [0, 0.1) is 0 Å². The van der Waals surface area contributed by atoms with E-state index in [2.05, 4.69) is 67.5 Å². The first kappa shape index (κ1) is 23.4. The van der Waals surface area contributed by atoms with Gasteiger partial charge in [-0.05, 0) is 48.2 Å². The van der Waals surface area contributed by atoms with Crippen LogP contribution >= 0.6 is 22.6 Å². The number of pyridine rings is 1. The number of fused-ring (bicyclic) bond motifs is 2. The molecule has 1 aromatic carbocycles. The summed E-state index contributed by atoms with van der Waals surface area (Å²) in [7, 11) is 3.83. The van der Waals surface area contributed by atoms with E-state index < -0.39 is 0 Å². The third-order valence-electron chi connectivity index (χ3n) is 5.90. The number of rotatable bonds is 6. The van der Waals surface area contributed by atoms with Crippen LogP contribution in [0.1, 0.15) is 30.2 Å². The number of alkyl halides is 1. The number of aromatic nitrogens is 2. The van der Waals surface area contributed by atoms with Gasteiger partial charge in [0.15, 0.2) is 0 Å². The first-order chi connectivity index (χ1) is 15.9. The van der Waals surface area contributed by atoms with E-state index in [4.69, 9.17) is 0 Å². The molecule has 3 heterocycles. The fourth-order valence-corrected chi connectivity index (χ4v) is 4.72. The molecule has 8 heteroatoms. The standard InChI is InChI=1S/C25H28IN5O2/c1-4-11-31-15-19-12-17(14-27-24(19)28-25(33)23(31)26)9-10-22(32)29(2)16-20-13-18-7-5-6-8-21(18)30(20)3/h5-10,12-14,23H,4,11,15-16H2,1-3H3,(H,27,28,33)/b10-9+/t23-/m0/s1. The van der Waals surface area contributed by atoms with Gasteiger partial charge in [-0.2, -0.15) is 0 Å². The number of hydrogen-bond donors (Lipinski definition) is 1. The van der Waals surface area contributed by atoms with Gasteiger partial charge in [0.1, 0.15) is 9.87 Å². The first-order valence-corrected chi connectivity index (χ1v) is 12.3. The molecule has 4 rings (SSSR count). The average molecular weight is 557 g/mol. The maximum Gasteiger partial charge on any atom is 0.253 e. The summed E-state index contributed by atoms with van der Waals surface area (Å²) in [6.07, 6.45) is 6.01. The summed E-state index contributed by atoms with van der Waals surface area (Å²) in [6.45, 7) is 4.09. The monoisotopic (exact) mass is 557 g/mol. The van der Waals surface area contributed by atoms with Gasteiger partial charge in [0.2, 0.25) is 5.91 Å². The van der Waals surface area contributed by atoms with Gasteiger partial charge in [0.25, 0.3) is 5.91 Å². The molecular formula is C25H28IN5O2. The molecule has 1 atom stereocenters. The molecule has 1 aliphatic rings. The van der Waals surface area contributed by atoms with Crippen LogP contribution in [0.15, 0.2) is 48.7 Å². The smallest absolute Gasteiger partial charge is 0.253 e. The summed E-state index contributed by atoms with van der Waals surface area (Å²) >= 11 is 2.17. The Labute approximate surface area is 207 Å². The third-order valence-corrected chi connectivity index (χ3v) is 7.25. The zero-order chi connectivity index (χ0) is 23.5. The van der Waals surface area contributed by atoms with Gasteiger partial charge < -0.3 is 14.8 Å². The number of nitrogens with zero attached hydrogens (tertiary/aromatic N) is 4. The quantitative estimate of drug-likeness (QED) is 0.214. The number of halogens is 1. The summed E-state index contributed by atoms with van der Waals surface area (Å²) in [4.78, 5) is 33.4. The molecule has 0 radical (unpaired) electrons. The number of hydrogen-bond acceptors (Lipinski definition) is 4. The summed E-state index contributed by atoms with van der Waals surface area (Å²) in [5, 5.41) is 4.08. The summed E-state index contributed by atoms with van der Waals surface area (Å²) < 4.78 is 1.88. The first-order valence-electron chi connectivity index (χ1n) is 11.0. The second-order valence-corrected chi connectivity index (χ2v) is 9.53. The number of benzene rings is 1. The van der Waals surface area contributed by atoms with Crippen molar-refractivity contribution in [2.45, 2.75) is 30.5 Å². The van der Waals surface area contributed by atoms with Crippen molar-refractivity contribution >= 4 is 57.2 Å². The van der Waals surface area contributed by atoms with Crippen LogP contribution < -0.4 is 5.32 Å². The van der Waals surface area contributed by atoms with Crippen LogP contribution in [0.4, 0.5) is 5.82 Å². The lowest BCUT2D eigenvalue weighted by Crippen LogP contribution is -2.37. The Kier molecular flexibility index (Phi) is 7.14. The van der Waals surface area contributed by atoms with E-state index in [1.807, 2.05) is 25.2 Å². The van der Waals surface area contributed by atoms with Crippen molar-refractivity contribution in [1.82, 2.24) is 19.4 Å². The highest BCUT2D eigenvalue weighted by Gasteiger charge is 2.28. The lowest BCUT2D eigenvalue weighted by Gasteiger charge is -2.23. The molecule has 0 fully saturated rings. The van der Waals surface area contributed by atoms with Gasteiger partial charge in [0.05, 0.1) is 6.54 Å².